The van der Waals surface area contributed by atoms with Gasteiger partial charge >= 0.3 is 0 Å². The SMILES string of the molecule is N#CCCCN1C(=O)[C@](O)(CC(=O)c2ccccc2[N+](=O)[O-])c2ccccc21. The number of fused-ring (bicyclic) bond motifs is 1. The van der Waals surface area contributed by atoms with Gasteiger partial charge in [-0.2, -0.15) is 5.26 Å². The van der Waals surface area contributed by atoms with Crippen LogP contribution < -0.4 is 4.90 Å². The molecular weight excluding hydrogens is 362 g/mol. The second-order valence-corrected chi connectivity index (χ2v) is 6.47. The number of para-hydroxylation sites is 2. The zero-order valence-corrected chi connectivity index (χ0v) is 14.9. The molecule has 1 aliphatic heterocycles. The fourth-order valence-corrected chi connectivity index (χ4v) is 3.41. The summed E-state index contributed by atoms with van der Waals surface area (Å²) in [6.07, 6.45) is 0.0622. The fraction of sp³-hybridized carbons (Fsp3) is 0.250. The first-order valence-corrected chi connectivity index (χ1v) is 8.67. The van der Waals surface area contributed by atoms with Gasteiger partial charge in [0.2, 0.25) is 0 Å². The van der Waals surface area contributed by atoms with Gasteiger partial charge in [0.1, 0.15) is 0 Å². The van der Waals surface area contributed by atoms with E-state index in [0.717, 1.165) is 0 Å². The third-order valence-electron chi connectivity index (χ3n) is 4.73. The summed E-state index contributed by atoms with van der Waals surface area (Å²) in [6.45, 7) is 0.228. The van der Waals surface area contributed by atoms with Crippen molar-refractivity contribution in [1.82, 2.24) is 0 Å². The molecule has 0 aromatic heterocycles. The summed E-state index contributed by atoms with van der Waals surface area (Å²) in [5, 5.41) is 31.1. The Balaban J connectivity index is 1.95. The molecule has 1 heterocycles. The maximum atomic E-state index is 13.0. The minimum atomic E-state index is -2.11. The molecule has 142 valence electrons. The van der Waals surface area contributed by atoms with Crippen LogP contribution in [0.4, 0.5) is 11.4 Å². The van der Waals surface area contributed by atoms with Crippen LogP contribution in [0, 0.1) is 21.4 Å². The van der Waals surface area contributed by atoms with E-state index in [4.69, 9.17) is 5.26 Å². The van der Waals surface area contributed by atoms with Gasteiger partial charge in [0, 0.05) is 24.6 Å². The normalized spacial score (nSPS) is 17.9. The molecule has 0 unspecified atom stereocenters. The maximum absolute atomic E-state index is 13.0. The number of anilines is 1. The summed E-state index contributed by atoms with van der Waals surface area (Å²) in [5.74, 6) is -1.37. The van der Waals surface area contributed by atoms with Gasteiger partial charge in [-0.25, -0.2) is 0 Å². The van der Waals surface area contributed by atoms with Crippen LogP contribution in [0.1, 0.15) is 35.2 Å². The first-order chi connectivity index (χ1) is 13.4. The monoisotopic (exact) mass is 379 g/mol. The van der Waals surface area contributed by atoms with E-state index in [-0.39, 0.29) is 29.8 Å². The van der Waals surface area contributed by atoms with Crippen molar-refractivity contribution < 1.29 is 19.6 Å². The van der Waals surface area contributed by atoms with E-state index < -0.39 is 28.6 Å². The minimum absolute atomic E-state index is 0.158. The minimum Gasteiger partial charge on any atom is -0.375 e. The molecule has 2 aromatic rings. The smallest absolute Gasteiger partial charge is 0.280 e. The van der Waals surface area contributed by atoms with E-state index in [1.807, 2.05) is 6.07 Å². The van der Waals surface area contributed by atoms with Crippen molar-refractivity contribution >= 4 is 23.1 Å². The number of hydrogen-bond donors (Lipinski definition) is 1. The van der Waals surface area contributed by atoms with E-state index in [1.165, 1.54) is 29.2 Å². The molecule has 1 N–H and O–H groups in total. The summed E-state index contributed by atoms with van der Waals surface area (Å²) in [5.41, 5.74) is -1.88. The molecule has 1 atom stereocenters. The first kappa shape index (κ1) is 19.2. The average Bonchev–Trinajstić information content (AvgIpc) is 2.90. The van der Waals surface area contributed by atoms with Crippen molar-refractivity contribution in [3.63, 3.8) is 0 Å². The van der Waals surface area contributed by atoms with E-state index in [9.17, 15) is 24.8 Å². The lowest BCUT2D eigenvalue weighted by Crippen LogP contribution is -2.42. The summed E-state index contributed by atoms with van der Waals surface area (Å²) >= 11 is 0. The molecule has 0 bridgehead atoms. The first-order valence-electron chi connectivity index (χ1n) is 8.67. The molecule has 28 heavy (non-hydrogen) atoms. The molecule has 0 aliphatic carbocycles. The molecule has 0 saturated carbocycles. The van der Waals surface area contributed by atoms with E-state index in [0.29, 0.717) is 12.1 Å². The number of benzene rings is 2. The number of nitro benzene ring substituents is 1. The standard InChI is InChI=1S/C20H17N3O5/c21-11-5-6-12-22-17-10-4-2-8-15(17)20(26,19(22)25)13-18(24)14-7-1-3-9-16(14)23(27)28/h1-4,7-10,26H,5-6,12-13H2/t20-/m0/s1. The number of carbonyl (C=O) groups is 2. The molecule has 1 aliphatic rings. The number of rotatable bonds is 7. The lowest BCUT2D eigenvalue weighted by atomic mass is 9.88. The summed E-state index contributed by atoms with van der Waals surface area (Å²) in [6, 6.07) is 14.0. The topological polar surface area (TPSA) is 125 Å². The zero-order chi connectivity index (χ0) is 20.3. The number of aliphatic hydroxyl groups is 1. The highest BCUT2D eigenvalue weighted by atomic mass is 16.6. The molecule has 0 fully saturated rings. The van der Waals surface area contributed by atoms with E-state index in [2.05, 4.69) is 0 Å². The van der Waals surface area contributed by atoms with Crippen molar-refractivity contribution in [3.05, 3.63) is 69.8 Å². The molecule has 1 amide bonds. The Kier molecular flexibility index (Phi) is 5.20. The van der Waals surface area contributed by atoms with E-state index >= 15 is 0 Å². The van der Waals surface area contributed by atoms with Crippen molar-refractivity contribution in [2.75, 3.05) is 11.4 Å². The molecule has 8 nitrogen and oxygen atoms in total. The number of hydrogen-bond acceptors (Lipinski definition) is 6. The number of nitro groups is 1. The van der Waals surface area contributed by atoms with Gasteiger partial charge in [0.15, 0.2) is 11.4 Å². The Morgan fingerprint density at radius 1 is 1.21 bits per heavy atom. The Bertz CT molecular complexity index is 997. The Morgan fingerprint density at radius 2 is 1.89 bits per heavy atom. The van der Waals surface area contributed by atoms with Gasteiger partial charge in [-0.3, -0.25) is 19.7 Å². The van der Waals surface area contributed by atoms with Crippen molar-refractivity contribution in [2.45, 2.75) is 24.9 Å². The van der Waals surface area contributed by atoms with Crippen molar-refractivity contribution in [3.8, 4) is 6.07 Å². The second-order valence-electron chi connectivity index (χ2n) is 6.47. The Morgan fingerprint density at radius 3 is 2.61 bits per heavy atom. The van der Waals surface area contributed by atoms with Gasteiger partial charge < -0.3 is 10.0 Å². The van der Waals surface area contributed by atoms with Crippen LogP contribution in [0.15, 0.2) is 48.5 Å². The number of unbranched alkanes of at least 4 members (excludes halogenated alkanes) is 1. The van der Waals surface area contributed by atoms with Gasteiger partial charge in [-0.1, -0.05) is 30.3 Å². The summed E-state index contributed by atoms with van der Waals surface area (Å²) < 4.78 is 0. The van der Waals surface area contributed by atoms with Gasteiger partial charge in [-0.15, -0.1) is 0 Å². The molecule has 2 aromatic carbocycles. The van der Waals surface area contributed by atoms with Crippen LogP contribution in [-0.2, 0) is 10.4 Å². The van der Waals surface area contributed by atoms with Gasteiger partial charge in [-0.05, 0) is 18.6 Å². The predicted octanol–water partition coefficient (Wildman–Crippen LogP) is 2.71. The summed E-state index contributed by atoms with van der Waals surface area (Å²) in [4.78, 5) is 37.6. The molecule has 0 spiro atoms. The van der Waals surface area contributed by atoms with Crippen LogP contribution >= 0.6 is 0 Å². The van der Waals surface area contributed by atoms with Gasteiger partial charge in [0.05, 0.1) is 28.7 Å². The van der Waals surface area contributed by atoms with Crippen LogP contribution in [0.3, 0.4) is 0 Å². The highest BCUT2D eigenvalue weighted by Crippen LogP contribution is 2.43. The number of amides is 1. The largest absolute Gasteiger partial charge is 0.375 e. The number of carbonyl (C=O) groups excluding carboxylic acids is 2. The van der Waals surface area contributed by atoms with Crippen LogP contribution in [0.5, 0.6) is 0 Å². The van der Waals surface area contributed by atoms with Crippen LogP contribution in [-0.4, -0.2) is 28.3 Å². The molecule has 3 rings (SSSR count). The molecule has 0 saturated heterocycles. The number of nitriles is 1. The average molecular weight is 379 g/mol. The number of nitrogens with zero attached hydrogens (tertiary/aromatic N) is 3. The van der Waals surface area contributed by atoms with Gasteiger partial charge in [0.25, 0.3) is 11.6 Å². The van der Waals surface area contributed by atoms with Crippen LogP contribution in [0.25, 0.3) is 0 Å². The fourth-order valence-electron chi connectivity index (χ4n) is 3.41. The van der Waals surface area contributed by atoms with E-state index in [1.54, 1.807) is 24.3 Å². The molecule has 8 heteroatoms. The lowest BCUT2D eigenvalue weighted by Gasteiger charge is -2.22. The maximum Gasteiger partial charge on any atom is 0.280 e. The van der Waals surface area contributed by atoms with Crippen LogP contribution in [0.2, 0.25) is 0 Å². The third-order valence-corrected chi connectivity index (χ3v) is 4.73. The third kappa shape index (κ3) is 3.23. The second kappa shape index (κ2) is 7.58. The number of Topliss-reactive ketones (excluding diaryl/α,β-unsaturated/α-hetero) is 1. The Labute approximate surface area is 160 Å². The zero-order valence-electron chi connectivity index (χ0n) is 14.9. The predicted molar refractivity (Wildman–Crippen MR) is 99.6 cm³/mol. The van der Waals surface area contributed by atoms with Crippen molar-refractivity contribution in [1.29, 1.82) is 5.26 Å². The van der Waals surface area contributed by atoms with Crippen molar-refractivity contribution in [2.24, 2.45) is 0 Å². The quantitative estimate of drug-likeness (QED) is 0.341. The highest BCUT2D eigenvalue weighted by Gasteiger charge is 2.50. The summed E-state index contributed by atoms with van der Waals surface area (Å²) in [7, 11) is 0. The highest BCUT2D eigenvalue weighted by molar-refractivity contribution is 6.11. The molecule has 0 radical (unpaired) electrons. The molecular formula is C20H17N3O5. The number of ketones is 1. The lowest BCUT2D eigenvalue weighted by molar-refractivity contribution is -0.385. The Hall–Kier alpha value is -3.57.